The first-order chi connectivity index (χ1) is 16.5. The zero-order valence-corrected chi connectivity index (χ0v) is 20.1. The van der Waals surface area contributed by atoms with E-state index >= 15 is 0 Å². The molecule has 3 heterocycles. The second kappa shape index (κ2) is 9.56. The van der Waals surface area contributed by atoms with Gasteiger partial charge in [-0.25, -0.2) is 4.98 Å². The zero-order chi connectivity index (χ0) is 23.7. The van der Waals surface area contributed by atoms with Crippen molar-refractivity contribution in [3.63, 3.8) is 0 Å². The van der Waals surface area contributed by atoms with Crippen molar-refractivity contribution in [1.82, 2.24) is 20.6 Å². The highest BCUT2D eigenvalue weighted by molar-refractivity contribution is 6.32. The first kappa shape index (κ1) is 22.6. The number of aromatic nitrogens is 2. The third-order valence-corrected chi connectivity index (χ3v) is 6.59. The van der Waals surface area contributed by atoms with Crippen LogP contribution in [0.3, 0.4) is 0 Å². The maximum absolute atomic E-state index is 12.7. The number of aromatic amines is 1. The van der Waals surface area contributed by atoms with E-state index in [1.54, 1.807) is 7.11 Å². The quantitative estimate of drug-likeness (QED) is 0.480. The third-order valence-electron chi connectivity index (χ3n) is 6.30. The lowest BCUT2D eigenvalue weighted by atomic mass is 10.1. The summed E-state index contributed by atoms with van der Waals surface area (Å²) in [4.78, 5) is 23.2. The fourth-order valence-electron chi connectivity index (χ4n) is 4.50. The molecule has 34 heavy (non-hydrogen) atoms. The number of fused-ring (bicyclic) bond motifs is 1. The van der Waals surface area contributed by atoms with Gasteiger partial charge < -0.3 is 30.0 Å². The molecule has 1 amide bonds. The van der Waals surface area contributed by atoms with Gasteiger partial charge in [0.25, 0.3) is 5.91 Å². The summed E-state index contributed by atoms with van der Waals surface area (Å²) >= 11 is 6.24. The van der Waals surface area contributed by atoms with Crippen molar-refractivity contribution in [3.05, 3.63) is 58.0 Å². The number of ether oxygens (including phenoxy) is 2. The minimum Gasteiger partial charge on any atom is -0.495 e. The number of amides is 1. The van der Waals surface area contributed by atoms with Crippen LogP contribution in [-0.4, -0.2) is 62.4 Å². The van der Waals surface area contributed by atoms with Crippen LogP contribution >= 0.6 is 11.6 Å². The molecule has 3 aromatic rings. The number of hydrogen-bond donors (Lipinski definition) is 3. The van der Waals surface area contributed by atoms with Gasteiger partial charge in [-0.15, -0.1) is 0 Å². The highest BCUT2D eigenvalue weighted by atomic mass is 35.5. The summed E-state index contributed by atoms with van der Waals surface area (Å²) in [7, 11) is 1.60. The van der Waals surface area contributed by atoms with Crippen molar-refractivity contribution in [2.45, 2.75) is 13.3 Å². The molecule has 178 valence electrons. The number of aryl methyl sites for hydroxylation is 1. The third kappa shape index (κ3) is 4.43. The Bertz CT molecular complexity index is 1260. The Balaban J connectivity index is 1.37. The Morgan fingerprint density at radius 3 is 2.82 bits per heavy atom. The minimum atomic E-state index is -0.125. The second-order valence-electron chi connectivity index (χ2n) is 8.53. The number of morpholine rings is 1. The maximum atomic E-state index is 12.7. The van der Waals surface area contributed by atoms with Crippen molar-refractivity contribution < 1.29 is 14.3 Å². The van der Waals surface area contributed by atoms with E-state index in [4.69, 9.17) is 26.1 Å². The van der Waals surface area contributed by atoms with Gasteiger partial charge in [0, 0.05) is 31.0 Å². The molecule has 1 aromatic heterocycles. The number of H-pyrrole nitrogens is 1. The Hall–Kier alpha value is -3.23. The minimum absolute atomic E-state index is 0.125. The van der Waals surface area contributed by atoms with Crippen molar-refractivity contribution in [1.29, 1.82) is 0 Å². The molecule has 0 aliphatic carbocycles. The Labute approximate surface area is 203 Å². The lowest BCUT2D eigenvalue weighted by Crippen LogP contribution is -2.36. The van der Waals surface area contributed by atoms with Crippen LogP contribution in [0.1, 0.15) is 17.0 Å². The number of benzene rings is 2. The monoisotopic (exact) mass is 481 g/mol. The van der Waals surface area contributed by atoms with E-state index < -0.39 is 0 Å². The van der Waals surface area contributed by atoms with Crippen molar-refractivity contribution in [2.24, 2.45) is 0 Å². The van der Waals surface area contributed by atoms with Crippen LogP contribution in [0.4, 0.5) is 5.69 Å². The molecule has 2 aromatic carbocycles. The largest absolute Gasteiger partial charge is 0.495 e. The van der Waals surface area contributed by atoms with Gasteiger partial charge in [0.2, 0.25) is 0 Å². The summed E-state index contributed by atoms with van der Waals surface area (Å²) in [6.45, 7) is 6.37. The van der Waals surface area contributed by atoms with Crippen molar-refractivity contribution >= 4 is 39.8 Å². The first-order valence-corrected chi connectivity index (χ1v) is 11.8. The number of carbonyl (C=O) groups is 1. The predicted molar refractivity (Wildman–Crippen MR) is 134 cm³/mol. The summed E-state index contributed by atoms with van der Waals surface area (Å²) in [6.07, 6.45) is 0.761. The van der Waals surface area contributed by atoms with E-state index in [1.165, 1.54) is 0 Å². The zero-order valence-electron chi connectivity index (χ0n) is 19.3. The van der Waals surface area contributed by atoms with Crippen LogP contribution < -0.4 is 20.3 Å². The SMILES string of the molecule is COc1ccc(CCNC2=C(c3nc4c(C)cc(N5CCOCC5)cc4[nH]3)C(=O)NC2)cc1Cl. The number of rotatable bonds is 7. The van der Waals surface area contributed by atoms with E-state index in [2.05, 4.69) is 39.6 Å². The Morgan fingerprint density at radius 2 is 2.06 bits per heavy atom. The van der Waals surface area contributed by atoms with E-state index in [0.29, 0.717) is 35.3 Å². The fraction of sp³-hybridized carbons (Fsp3) is 0.360. The number of nitrogens with one attached hydrogen (secondary N) is 3. The van der Waals surface area contributed by atoms with E-state index in [-0.39, 0.29) is 5.91 Å². The molecule has 0 saturated carbocycles. The smallest absolute Gasteiger partial charge is 0.257 e. The lowest BCUT2D eigenvalue weighted by Gasteiger charge is -2.29. The van der Waals surface area contributed by atoms with E-state index in [1.807, 2.05) is 18.2 Å². The molecule has 2 aliphatic heterocycles. The summed E-state index contributed by atoms with van der Waals surface area (Å²) < 4.78 is 10.7. The number of nitrogens with zero attached hydrogens (tertiary/aromatic N) is 2. The van der Waals surface area contributed by atoms with Gasteiger partial charge in [-0.1, -0.05) is 17.7 Å². The standard InChI is InChI=1S/C25H28ClN5O3/c1-15-11-17(31-7-9-34-10-8-31)13-19-23(15)30-24(29-19)22-20(14-28-25(22)32)27-6-5-16-3-4-21(33-2)18(26)12-16/h3-4,11-13,27H,5-10,14H2,1-2H3,(H,28,32)(H,29,30). The molecule has 0 radical (unpaired) electrons. The molecule has 0 spiro atoms. The number of hydrogen-bond acceptors (Lipinski definition) is 6. The summed E-state index contributed by atoms with van der Waals surface area (Å²) in [5.74, 6) is 1.12. The first-order valence-electron chi connectivity index (χ1n) is 11.4. The Kier molecular flexibility index (Phi) is 6.34. The van der Waals surface area contributed by atoms with Gasteiger partial charge in [0.1, 0.15) is 17.1 Å². The highest BCUT2D eigenvalue weighted by Gasteiger charge is 2.27. The Morgan fingerprint density at radius 1 is 1.24 bits per heavy atom. The number of anilines is 1. The summed E-state index contributed by atoms with van der Waals surface area (Å²) in [6, 6.07) is 10.0. The van der Waals surface area contributed by atoms with Crippen LogP contribution in [0.15, 0.2) is 36.0 Å². The average Bonchev–Trinajstić information content (AvgIpc) is 3.43. The number of imidazole rings is 1. The molecule has 8 nitrogen and oxygen atoms in total. The van der Waals surface area contributed by atoms with Crippen molar-refractivity contribution in [3.8, 4) is 5.75 Å². The average molecular weight is 482 g/mol. The van der Waals surface area contributed by atoms with Crippen LogP contribution in [-0.2, 0) is 16.0 Å². The molecule has 0 atom stereocenters. The number of halogens is 1. The van der Waals surface area contributed by atoms with Gasteiger partial charge in [-0.05, 0) is 48.7 Å². The molecule has 1 fully saturated rings. The van der Waals surface area contributed by atoms with Crippen LogP contribution in [0, 0.1) is 6.92 Å². The lowest BCUT2D eigenvalue weighted by molar-refractivity contribution is -0.114. The normalized spacial score (nSPS) is 16.3. The molecular weight excluding hydrogens is 454 g/mol. The number of methoxy groups -OCH3 is 1. The van der Waals surface area contributed by atoms with Crippen LogP contribution in [0.25, 0.3) is 16.6 Å². The molecule has 0 unspecified atom stereocenters. The maximum Gasteiger partial charge on any atom is 0.257 e. The number of carbonyl (C=O) groups excluding carboxylic acids is 1. The topological polar surface area (TPSA) is 91.5 Å². The molecule has 9 heteroatoms. The van der Waals surface area contributed by atoms with Gasteiger partial charge in [-0.3, -0.25) is 4.79 Å². The van der Waals surface area contributed by atoms with Gasteiger partial charge in [0.05, 0.1) is 42.9 Å². The van der Waals surface area contributed by atoms with Gasteiger partial charge in [-0.2, -0.15) is 0 Å². The molecule has 3 N–H and O–H groups in total. The van der Waals surface area contributed by atoms with Crippen molar-refractivity contribution in [2.75, 3.05) is 51.4 Å². The molecule has 2 aliphatic rings. The van der Waals surface area contributed by atoms with Crippen LogP contribution in [0.5, 0.6) is 5.75 Å². The van der Waals surface area contributed by atoms with Crippen LogP contribution in [0.2, 0.25) is 5.02 Å². The molecule has 0 bridgehead atoms. The van der Waals surface area contributed by atoms with E-state index in [9.17, 15) is 4.79 Å². The van der Waals surface area contributed by atoms with Gasteiger partial charge >= 0.3 is 0 Å². The molecule has 1 saturated heterocycles. The molecular formula is C25H28ClN5O3. The van der Waals surface area contributed by atoms with Gasteiger partial charge in [0.15, 0.2) is 0 Å². The highest BCUT2D eigenvalue weighted by Crippen LogP contribution is 2.29. The predicted octanol–water partition coefficient (Wildman–Crippen LogP) is 3.04. The summed E-state index contributed by atoms with van der Waals surface area (Å²) in [5, 5.41) is 6.93. The second-order valence-corrected chi connectivity index (χ2v) is 8.93. The fourth-order valence-corrected chi connectivity index (χ4v) is 4.78. The summed E-state index contributed by atoms with van der Waals surface area (Å²) in [5.41, 5.74) is 6.53. The van der Waals surface area contributed by atoms with E-state index in [0.717, 1.165) is 66.3 Å². The molecule has 5 rings (SSSR count).